The van der Waals surface area contributed by atoms with Crippen LogP contribution in [0.4, 0.5) is 0 Å². The molecular weight excluding hydrogens is 511 g/mol. The summed E-state index contributed by atoms with van der Waals surface area (Å²) in [6.45, 7) is 5.50. The predicted molar refractivity (Wildman–Crippen MR) is 150 cm³/mol. The zero-order valence-corrected chi connectivity index (χ0v) is 22.5. The van der Waals surface area contributed by atoms with Gasteiger partial charge in [-0.2, -0.15) is 0 Å². The van der Waals surface area contributed by atoms with Crippen molar-refractivity contribution in [1.82, 2.24) is 9.80 Å². The Morgan fingerprint density at radius 1 is 0.784 bits per heavy atom. The Morgan fingerprint density at radius 3 is 1.97 bits per heavy atom. The predicted octanol–water partition coefficient (Wildman–Crippen LogP) is 4.45. The van der Waals surface area contributed by atoms with E-state index in [0.717, 1.165) is 37.7 Å². The van der Waals surface area contributed by atoms with Crippen molar-refractivity contribution in [2.45, 2.75) is 18.2 Å². The molecular formula is C29H36Cl2N2O4. The highest BCUT2D eigenvalue weighted by Gasteiger charge is 2.27. The van der Waals surface area contributed by atoms with Crippen LogP contribution in [-0.4, -0.2) is 79.7 Å². The molecule has 0 saturated carbocycles. The molecule has 2 aliphatic rings. The maximum atomic E-state index is 10.6. The molecule has 1 N–H and O–H groups in total. The first kappa shape index (κ1) is 29.2. The number of para-hydroxylation sites is 2. The van der Waals surface area contributed by atoms with Crippen molar-refractivity contribution in [3.05, 3.63) is 96.1 Å². The Balaban J connectivity index is 0.00000190. The van der Waals surface area contributed by atoms with Crippen LogP contribution in [0.3, 0.4) is 0 Å². The Bertz CT molecular complexity index is 1010. The number of hydrogen-bond donors (Lipinski definition) is 1. The molecule has 0 aliphatic carbocycles. The zero-order valence-electron chi connectivity index (χ0n) is 20.9. The first-order valence-electron chi connectivity index (χ1n) is 12.5. The van der Waals surface area contributed by atoms with Gasteiger partial charge in [0.1, 0.15) is 6.61 Å². The number of β-amino-alcohol motifs (C(OH)–C–C–N with tert-alkyl or cyclic N) is 1. The molecule has 2 aliphatic heterocycles. The van der Waals surface area contributed by atoms with Gasteiger partial charge in [0.25, 0.3) is 0 Å². The minimum atomic E-state index is -0.530. The lowest BCUT2D eigenvalue weighted by Crippen LogP contribution is -2.50. The molecule has 6 nitrogen and oxygen atoms in total. The van der Waals surface area contributed by atoms with E-state index in [0.29, 0.717) is 26.4 Å². The second kappa shape index (κ2) is 14.6. The molecule has 2 unspecified atom stereocenters. The summed E-state index contributed by atoms with van der Waals surface area (Å²) in [4.78, 5) is 4.87. The van der Waals surface area contributed by atoms with Gasteiger partial charge in [-0.05, 0) is 23.3 Å². The molecule has 3 aromatic carbocycles. The van der Waals surface area contributed by atoms with E-state index >= 15 is 0 Å². The minimum Gasteiger partial charge on any atom is -0.486 e. The molecule has 0 aromatic heterocycles. The third-order valence-corrected chi connectivity index (χ3v) is 6.65. The van der Waals surface area contributed by atoms with Crippen molar-refractivity contribution in [1.29, 1.82) is 0 Å². The van der Waals surface area contributed by atoms with Crippen molar-refractivity contribution in [2.24, 2.45) is 0 Å². The first-order valence-corrected chi connectivity index (χ1v) is 12.5. The number of rotatable bonds is 9. The lowest BCUT2D eigenvalue weighted by Gasteiger charge is -2.40. The van der Waals surface area contributed by atoms with E-state index < -0.39 is 6.10 Å². The summed E-state index contributed by atoms with van der Waals surface area (Å²) < 4.78 is 17.4. The number of ether oxygens (including phenoxy) is 3. The Kier molecular flexibility index (Phi) is 11.5. The lowest BCUT2D eigenvalue weighted by atomic mass is 9.96. The number of nitrogens with zero attached hydrogens (tertiary/aromatic N) is 2. The second-order valence-electron chi connectivity index (χ2n) is 9.25. The Hall–Kier alpha value is -2.32. The van der Waals surface area contributed by atoms with Crippen LogP contribution in [0.1, 0.15) is 17.2 Å². The van der Waals surface area contributed by atoms with Crippen molar-refractivity contribution < 1.29 is 19.3 Å². The van der Waals surface area contributed by atoms with E-state index in [2.05, 4.69) is 70.5 Å². The van der Waals surface area contributed by atoms with E-state index in [1.807, 2.05) is 24.3 Å². The van der Waals surface area contributed by atoms with Crippen molar-refractivity contribution in [3.63, 3.8) is 0 Å². The fraction of sp³-hybridized carbons (Fsp3) is 0.379. The van der Waals surface area contributed by atoms with Gasteiger partial charge in [0.05, 0.1) is 25.4 Å². The highest BCUT2D eigenvalue weighted by Crippen LogP contribution is 2.31. The number of fused-ring (bicyclic) bond motifs is 1. The second-order valence-corrected chi connectivity index (χ2v) is 9.25. The van der Waals surface area contributed by atoms with Gasteiger partial charge in [-0.25, -0.2) is 0 Å². The van der Waals surface area contributed by atoms with Crippen molar-refractivity contribution >= 4 is 24.8 Å². The lowest BCUT2D eigenvalue weighted by molar-refractivity contribution is -0.0327. The number of aliphatic hydroxyl groups is 1. The smallest absolute Gasteiger partial charge is 0.161 e. The molecule has 1 fully saturated rings. The first-order chi connectivity index (χ1) is 17.3. The van der Waals surface area contributed by atoms with Gasteiger partial charge >= 0.3 is 0 Å². The van der Waals surface area contributed by atoms with Crippen LogP contribution in [0.15, 0.2) is 84.9 Å². The maximum absolute atomic E-state index is 10.6. The number of benzene rings is 3. The topological polar surface area (TPSA) is 54.4 Å². The Labute approximate surface area is 232 Å². The van der Waals surface area contributed by atoms with Crippen LogP contribution in [0.5, 0.6) is 11.5 Å². The average Bonchev–Trinajstić information content (AvgIpc) is 2.91. The molecule has 8 heteroatoms. The molecule has 1 saturated heterocycles. The molecule has 0 bridgehead atoms. The number of hydrogen-bond acceptors (Lipinski definition) is 6. The molecule has 2 atom stereocenters. The van der Waals surface area contributed by atoms with Gasteiger partial charge in [-0.1, -0.05) is 72.8 Å². The van der Waals surface area contributed by atoms with Crippen molar-refractivity contribution in [2.75, 3.05) is 52.5 Å². The molecule has 5 rings (SSSR count). The van der Waals surface area contributed by atoms with Gasteiger partial charge in [0, 0.05) is 32.7 Å². The number of piperazine rings is 1. The monoisotopic (exact) mass is 546 g/mol. The van der Waals surface area contributed by atoms with E-state index in [-0.39, 0.29) is 37.0 Å². The molecule has 3 aromatic rings. The van der Waals surface area contributed by atoms with Gasteiger partial charge in [-0.3, -0.25) is 9.80 Å². The van der Waals surface area contributed by atoms with E-state index in [4.69, 9.17) is 14.2 Å². The summed E-state index contributed by atoms with van der Waals surface area (Å²) in [5, 5.41) is 10.6. The van der Waals surface area contributed by atoms with Gasteiger partial charge < -0.3 is 19.3 Å². The summed E-state index contributed by atoms with van der Waals surface area (Å²) in [5.74, 6) is 1.51. The largest absolute Gasteiger partial charge is 0.486 e. The van der Waals surface area contributed by atoms with Crippen LogP contribution in [0, 0.1) is 0 Å². The third kappa shape index (κ3) is 7.84. The zero-order chi connectivity index (χ0) is 23.9. The highest BCUT2D eigenvalue weighted by molar-refractivity contribution is 5.85. The molecule has 37 heavy (non-hydrogen) atoms. The third-order valence-electron chi connectivity index (χ3n) is 6.65. The van der Waals surface area contributed by atoms with Gasteiger partial charge in [0.15, 0.2) is 17.6 Å². The normalized spacial score (nSPS) is 18.5. The van der Waals surface area contributed by atoms with E-state index in [9.17, 15) is 5.11 Å². The summed E-state index contributed by atoms with van der Waals surface area (Å²) in [6, 6.07) is 29.3. The van der Waals surface area contributed by atoms with E-state index in [1.54, 1.807) is 0 Å². The molecule has 0 amide bonds. The van der Waals surface area contributed by atoms with Crippen LogP contribution in [-0.2, 0) is 4.74 Å². The van der Waals surface area contributed by atoms with E-state index in [1.165, 1.54) is 11.1 Å². The standard InChI is InChI=1S/C29H34N2O4.2ClH/c32-25(20-33-21-26-22-34-27-13-7-8-14-28(27)35-26)19-30-15-17-31(18-16-30)29(23-9-3-1-4-10-23)24-11-5-2-6-12-24;;/h1-14,25-26,29,32H,15-22H2;2*1H. The molecule has 0 spiro atoms. The summed E-state index contributed by atoms with van der Waals surface area (Å²) in [5.41, 5.74) is 2.63. The number of halogens is 2. The highest BCUT2D eigenvalue weighted by atomic mass is 35.5. The van der Waals surface area contributed by atoms with Crippen LogP contribution >= 0.6 is 24.8 Å². The fourth-order valence-corrected chi connectivity index (χ4v) is 4.92. The van der Waals surface area contributed by atoms with Gasteiger partial charge in [0.2, 0.25) is 0 Å². The van der Waals surface area contributed by atoms with Gasteiger partial charge in [-0.15, -0.1) is 24.8 Å². The molecule has 2 heterocycles. The van der Waals surface area contributed by atoms with Crippen molar-refractivity contribution in [3.8, 4) is 11.5 Å². The number of aliphatic hydroxyl groups excluding tert-OH is 1. The SMILES string of the molecule is Cl.Cl.OC(COCC1COc2ccccc2O1)CN1CCN(C(c2ccccc2)c2ccccc2)CC1. The summed E-state index contributed by atoms with van der Waals surface area (Å²) in [6.07, 6.45) is -0.689. The summed E-state index contributed by atoms with van der Waals surface area (Å²) >= 11 is 0. The Morgan fingerprint density at radius 2 is 1.35 bits per heavy atom. The van der Waals surface area contributed by atoms with Crippen LogP contribution in [0.2, 0.25) is 0 Å². The molecule has 200 valence electrons. The van der Waals surface area contributed by atoms with Crippen LogP contribution < -0.4 is 9.47 Å². The fourth-order valence-electron chi connectivity index (χ4n) is 4.92. The maximum Gasteiger partial charge on any atom is 0.161 e. The minimum absolute atomic E-state index is 0. The van der Waals surface area contributed by atoms with Crippen LogP contribution in [0.25, 0.3) is 0 Å². The quantitative estimate of drug-likeness (QED) is 0.427. The molecule has 0 radical (unpaired) electrons. The summed E-state index contributed by atoms with van der Waals surface area (Å²) in [7, 11) is 0. The average molecular weight is 548 g/mol.